The van der Waals surface area contributed by atoms with Crippen molar-refractivity contribution in [3.8, 4) is 34.0 Å². The molecule has 0 radical (unpaired) electrons. The van der Waals surface area contributed by atoms with E-state index < -0.39 is 0 Å². The Hall–Kier alpha value is -6.76. The van der Waals surface area contributed by atoms with E-state index in [1.54, 1.807) is 24.3 Å². The van der Waals surface area contributed by atoms with Gasteiger partial charge in [0.2, 0.25) is 0 Å². The lowest BCUT2D eigenvalue weighted by atomic mass is 9.98. The average Bonchev–Trinajstić information content (AvgIpc) is 3.58. The first-order chi connectivity index (χ1) is 22.6. The van der Waals surface area contributed by atoms with E-state index in [9.17, 15) is 14.9 Å². The first-order valence-electron chi connectivity index (χ1n) is 14.7. The summed E-state index contributed by atoms with van der Waals surface area (Å²) in [6.07, 6.45) is 0. The number of amides is 2. The van der Waals surface area contributed by atoms with Crippen LogP contribution >= 0.6 is 0 Å². The molecule has 6 nitrogen and oxygen atoms in total. The summed E-state index contributed by atoms with van der Waals surface area (Å²) >= 11 is 0. The summed E-state index contributed by atoms with van der Waals surface area (Å²) in [5.41, 5.74) is 7.88. The number of carbonyl (C=O) groups is 2. The number of carbonyl (C=O) groups excluding carboxylic acids is 2. The second-order valence-electron chi connectivity index (χ2n) is 11.1. The summed E-state index contributed by atoms with van der Waals surface area (Å²) in [6, 6.07) is 44.1. The zero-order valence-electron chi connectivity index (χ0n) is 24.3. The van der Waals surface area contributed by atoms with Crippen molar-refractivity contribution in [2.75, 3.05) is 4.90 Å². The molecule has 1 aromatic heterocycles. The molecule has 0 aliphatic carbocycles. The fraction of sp³-hybridized carbons (Fsp3) is 0. The highest BCUT2D eigenvalue weighted by atomic mass is 16.2. The summed E-state index contributed by atoms with van der Waals surface area (Å²) in [5.74, 6) is -0.749. The molecule has 7 aromatic rings. The molecule has 8 rings (SSSR count). The molecular weight excluding hydrogens is 568 g/mol. The smallest absolute Gasteiger partial charge is 0.268 e. The number of rotatable bonds is 4. The van der Waals surface area contributed by atoms with Gasteiger partial charge in [0.15, 0.2) is 5.69 Å². The fourth-order valence-electron chi connectivity index (χ4n) is 6.47. The third kappa shape index (κ3) is 4.02. The van der Waals surface area contributed by atoms with Crippen LogP contribution < -0.4 is 4.90 Å². The molecular formula is C40H22N4O2. The topological polar surface area (TPSA) is 70.5 Å². The van der Waals surface area contributed by atoms with E-state index in [1.807, 2.05) is 114 Å². The summed E-state index contributed by atoms with van der Waals surface area (Å²) in [4.78, 5) is 32.8. The first-order valence-corrected chi connectivity index (χ1v) is 14.7. The van der Waals surface area contributed by atoms with Gasteiger partial charge in [-0.3, -0.25) is 9.59 Å². The number of nitriles is 1. The lowest BCUT2D eigenvalue weighted by Gasteiger charge is -2.15. The lowest BCUT2D eigenvalue weighted by Crippen LogP contribution is -2.29. The van der Waals surface area contributed by atoms with Crippen LogP contribution in [0.15, 0.2) is 133 Å². The number of hydrogen-bond acceptors (Lipinski definition) is 3. The molecule has 6 heteroatoms. The summed E-state index contributed by atoms with van der Waals surface area (Å²) in [6.45, 7) is 7.35. The molecule has 0 saturated carbocycles. The van der Waals surface area contributed by atoms with Crippen LogP contribution in [-0.4, -0.2) is 16.4 Å². The van der Waals surface area contributed by atoms with Crippen LogP contribution in [0.2, 0.25) is 0 Å². The maximum absolute atomic E-state index is 14.2. The van der Waals surface area contributed by atoms with Crippen molar-refractivity contribution in [2.24, 2.45) is 0 Å². The van der Waals surface area contributed by atoms with Gasteiger partial charge in [-0.15, -0.1) is 0 Å². The van der Waals surface area contributed by atoms with Gasteiger partial charge in [-0.2, -0.15) is 5.26 Å². The molecule has 0 unspecified atom stereocenters. The van der Waals surface area contributed by atoms with Crippen molar-refractivity contribution in [1.82, 2.24) is 4.57 Å². The van der Waals surface area contributed by atoms with Crippen LogP contribution in [0.5, 0.6) is 0 Å². The number of nitrogens with zero attached hydrogens (tertiary/aromatic N) is 4. The summed E-state index contributed by atoms with van der Waals surface area (Å²) in [5, 5.41) is 11.8. The van der Waals surface area contributed by atoms with E-state index in [0.717, 1.165) is 38.5 Å². The first kappa shape index (κ1) is 26.8. The van der Waals surface area contributed by atoms with Gasteiger partial charge in [-0.1, -0.05) is 91.0 Å². The molecule has 1 aliphatic heterocycles. The van der Waals surface area contributed by atoms with E-state index in [2.05, 4.69) is 10.9 Å². The number of fused-ring (bicyclic) bond motifs is 4. The number of hydrogen-bond donors (Lipinski definition) is 0. The average molecular weight is 591 g/mol. The molecule has 46 heavy (non-hydrogen) atoms. The van der Waals surface area contributed by atoms with Crippen molar-refractivity contribution >= 4 is 45.0 Å². The Balaban J connectivity index is 1.29. The molecule has 2 amide bonds. The summed E-state index contributed by atoms with van der Waals surface area (Å²) < 4.78 is 2.03. The van der Waals surface area contributed by atoms with Crippen molar-refractivity contribution in [3.05, 3.63) is 162 Å². The van der Waals surface area contributed by atoms with Crippen LogP contribution in [0.3, 0.4) is 0 Å². The SMILES string of the molecule is [C-]#[N+]c1ccc(-c2ccc3c4ccccc4n(-c4cccc5c4C(=O)N(c4ccc(-c6ccccc6)cc4)C5=O)c3c2)c(C#N)c1. The molecule has 1 aliphatic rings. The predicted octanol–water partition coefficient (Wildman–Crippen LogP) is 9.34. The second kappa shape index (κ2) is 10.4. The monoisotopic (exact) mass is 590 g/mol. The molecule has 0 fully saturated rings. The van der Waals surface area contributed by atoms with Gasteiger partial charge in [-0.05, 0) is 64.7 Å². The highest BCUT2D eigenvalue weighted by Gasteiger charge is 2.39. The quantitative estimate of drug-likeness (QED) is 0.151. The molecule has 0 atom stereocenters. The number of aromatic nitrogens is 1. The van der Waals surface area contributed by atoms with Gasteiger partial charge in [-0.25, -0.2) is 9.74 Å². The van der Waals surface area contributed by atoms with E-state index in [-0.39, 0.29) is 11.8 Å². The minimum absolute atomic E-state index is 0.340. The third-order valence-corrected chi connectivity index (χ3v) is 8.60. The number of benzene rings is 6. The zero-order chi connectivity index (χ0) is 31.4. The second-order valence-corrected chi connectivity index (χ2v) is 11.1. The van der Waals surface area contributed by atoms with Crippen molar-refractivity contribution in [2.45, 2.75) is 0 Å². The maximum Gasteiger partial charge on any atom is 0.268 e. The molecule has 0 bridgehead atoms. The molecule has 2 heterocycles. The zero-order valence-corrected chi connectivity index (χ0v) is 24.3. The molecule has 6 aromatic carbocycles. The highest BCUT2D eigenvalue weighted by Crippen LogP contribution is 2.40. The summed E-state index contributed by atoms with van der Waals surface area (Å²) in [7, 11) is 0. The van der Waals surface area contributed by atoms with Gasteiger partial charge in [0.25, 0.3) is 11.8 Å². The highest BCUT2D eigenvalue weighted by molar-refractivity contribution is 6.35. The predicted molar refractivity (Wildman–Crippen MR) is 180 cm³/mol. The normalized spacial score (nSPS) is 12.3. The minimum atomic E-state index is -0.383. The van der Waals surface area contributed by atoms with Crippen molar-refractivity contribution in [3.63, 3.8) is 0 Å². The Kier molecular flexibility index (Phi) is 6.10. The Labute approximate surface area is 264 Å². The number of para-hydroxylation sites is 1. The maximum atomic E-state index is 14.2. The van der Waals surface area contributed by atoms with Crippen LogP contribution in [-0.2, 0) is 0 Å². The third-order valence-electron chi connectivity index (χ3n) is 8.60. The van der Waals surface area contributed by atoms with E-state index >= 15 is 0 Å². The van der Waals surface area contributed by atoms with Gasteiger partial charge in [0.1, 0.15) is 0 Å². The number of imide groups is 1. The van der Waals surface area contributed by atoms with Gasteiger partial charge >= 0.3 is 0 Å². The Morgan fingerprint density at radius 3 is 2.11 bits per heavy atom. The molecule has 0 saturated heterocycles. The van der Waals surface area contributed by atoms with Gasteiger partial charge in [0.05, 0.1) is 46.2 Å². The Bertz CT molecular complexity index is 2480. The molecule has 214 valence electrons. The van der Waals surface area contributed by atoms with Gasteiger partial charge < -0.3 is 4.57 Å². The van der Waals surface area contributed by atoms with Gasteiger partial charge in [0, 0.05) is 16.3 Å². The van der Waals surface area contributed by atoms with E-state index in [4.69, 9.17) is 6.57 Å². The van der Waals surface area contributed by atoms with Crippen molar-refractivity contribution in [1.29, 1.82) is 5.26 Å². The lowest BCUT2D eigenvalue weighted by molar-refractivity contribution is 0.0926. The molecule has 0 N–H and O–H groups in total. The van der Waals surface area contributed by atoms with Crippen LogP contribution in [0.1, 0.15) is 26.3 Å². The fourth-order valence-corrected chi connectivity index (χ4v) is 6.47. The largest absolute Gasteiger partial charge is 0.308 e. The van der Waals surface area contributed by atoms with Crippen LogP contribution in [0, 0.1) is 17.9 Å². The van der Waals surface area contributed by atoms with Crippen molar-refractivity contribution < 1.29 is 9.59 Å². The minimum Gasteiger partial charge on any atom is -0.308 e. The number of anilines is 1. The Morgan fingerprint density at radius 2 is 1.33 bits per heavy atom. The van der Waals surface area contributed by atoms with Crippen LogP contribution in [0.4, 0.5) is 11.4 Å². The van der Waals surface area contributed by atoms with E-state index in [0.29, 0.717) is 39.3 Å². The van der Waals surface area contributed by atoms with E-state index in [1.165, 1.54) is 4.90 Å². The van der Waals surface area contributed by atoms with Crippen LogP contribution in [0.25, 0.3) is 54.6 Å². The standard InChI is InChI=1S/C40H22N4O2/c1-42-29-17-21-31(28(22-29)24-41)27-16-20-33-32-10-5-6-12-35(32)44(37(33)23-27)36-13-7-11-34-38(36)40(46)43(39(34)45)30-18-14-26(15-19-30)25-8-3-2-4-9-25/h2-23H. The molecule has 0 spiro atoms. The Morgan fingerprint density at radius 1 is 0.609 bits per heavy atom.